The van der Waals surface area contributed by atoms with Crippen LogP contribution in [0.1, 0.15) is 12.5 Å². The van der Waals surface area contributed by atoms with Crippen LogP contribution in [0.25, 0.3) is 59.8 Å². The Morgan fingerprint density at radius 3 is 2.13 bits per heavy atom. The SMILES string of the molecule is CC12C=CC=CC1Oc1c(N(c3ccc4c5ccccc5n(-c5ccccc5)c4c3)c3cc4c5ccccc5ccc4c4ccccc34)cccc12. The Kier molecular flexibility index (Phi) is 6.15. The maximum Gasteiger partial charge on any atom is 0.148 e. The third-order valence-corrected chi connectivity index (χ3v) is 11.4. The summed E-state index contributed by atoms with van der Waals surface area (Å²) in [6.45, 7) is 2.29. The van der Waals surface area contributed by atoms with Gasteiger partial charge < -0.3 is 14.2 Å². The molecule has 11 rings (SSSR count). The summed E-state index contributed by atoms with van der Waals surface area (Å²) in [6.07, 6.45) is 8.66. The van der Waals surface area contributed by atoms with Crippen LogP contribution in [-0.2, 0) is 5.41 Å². The maximum atomic E-state index is 6.98. The number of allylic oxidation sites excluding steroid dienone is 2. The Balaban J connectivity index is 1.26. The lowest BCUT2D eigenvalue weighted by Crippen LogP contribution is -2.32. The highest BCUT2D eigenvalue weighted by molar-refractivity contribution is 6.22. The van der Waals surface area contributed by atoms with Gasteiger partial charge >= 0.3 is 0 Å². The van der Waals surface area contributed by atoms with Crippen molar-refractivity contribution in [2.75, 3.05) is 4.90 Å². The number of hydrogen-bond acceptors (Lipinski definition) is 2. The van der Waals surface area contributed by atoms with Crippen molar-refractivity contribution in [2.45, 2.75) is 18.4 Å². The van der Waals surface area contributed by atoms with E-state index in [1.807, 2.05) is 0 Å². The molecular weight excluding hydrogens is 633 g/mol. The average molecular weight is 667 g/mol. The molecule has 0 N–H and O–H groups in total. The molecule has 0 bridgehead atoms. The van der Waals surface area contributed by atoms with Gasteiger partial charge in [0, 0.05) is 33.1 Å². The second kappa shape index (κ2) is 11.0. The van der Waals surface area contributed by atoms with Gasteiger partial charge in [0.2, 0.25) is 0 Å². The Labute approximate surface area is 301 Å². The van der Waals surface area contributed by atoms with Crippen molar-refractivity contribution < 1.29 is 4.74 Å². The topological polar surface area (TPSA) is 17.4 Å². The zero-order valence-electron chi connectivity index (χ0n) is 28.7. The second-order valence-electron chi connectivity index (χ2n) is 14.3. The lowest BCUT2D eigenvalue weighted by Gasteiger charge is -2.29. The Hall–Kier alpha value is -6.58. The quantitative estimate of drug-likeness (QED) is 0.174. The monoisotopic (exact) mass is 666 g/mol. The van der Waals surface area contributed by atoms with Gasteiger partial charge in [0.25, 0.3) is 0 Å². The highest BCUT2D eigenvalue weighted by Gasteiger charge is 2.45. The third kappa shape index (κ3) is 4.08. The van der Waals surface area contributed by atoms with Crippen LogP contribution in [-0.4, -0.2) is 10.7 Å². The molecule has 1 aromatic heterocycles. The Morgan fingerprint density at radius 2 is 1.25 bits per heavy atom. The average Bonchev–Trinajstić information content (AvgIpc) is 3.70. The van der Waals surface area contributed by atoms with Gasteiger partial charge in [-0.1, -0.05) is 133 Å². The fourth-order valence-electron chi connectivity index (χ4n) is 8.88. The molecule has 9 aromatic rings. The highest BCUT2D eigenvalue weighted by Crippen LogP contribution is 2.54. The van der Waals surface area contributed by atoms with Gasteiger partial charge in [-0.15, -0.1) is 0 Å². The van der Waals surface area contributed by atoms with Crippen molar-refractivity contribution in [2.24, 2.45) is 0 Å². The second-order valence-corrected chi connectivity index (χ2v) is 14.3. The first-order valence-corrected chi connectivity index (χ1v) is 18.1. The third-order valence-electron chi connectivity index (χ3n) is 11.4. The number of anilines is 3. The van der Waals surface area contributed by atoms with E-state index in [2.05, 4.69) is 198 Å². The summed E-state index contributed by atoms with van der Waals surface area (Å²) in [7, 11) is 0. The van der Waals surface area contributed by atoms with Crippen molar-refractivity contribution in [1.82, 2.24) is 4.57 Å². The minimum atomic E-state index is -0.253. The molecule has 3 heteroatoms. The first-order chi connectivity index (χ1) is 25.7. The maximum absolute atomic E-state index is 6.98. The van der Waals surface area contributed by atoms with E-state index in [0.29, 0.717) is 0 Å². The fourth-order valence-corrected chi connectivity index (χ4v) is 8.88. The number of hydrogen-bond donors (Lipinski definition) is 0. The minimum Gasteiger partial charge on any atom is -0.483 e. The van der Waals surface area contributed by atoms with Crippen LogP contribution >= 0.6 is 0 Å². The van der Waals surface area contributed by atoms with E-state index in [1.54, 1.807) is 0 Å². The molecule has 1 aliphatic carbocycles. The predicted molar refractivity (Wildman–Crippen MR) is 218 cm³/mol. The van der Waals surface area contributed by atoms with Crippen molar-refractivity contribution in [3.05, 3.63) is 188 Å². The molecule has 2 aliphatic rings. The van der Waals surface area contributed by atoms with Gasteiger partial charge in [0.05, 0.1) is 27.8 Å². The number of aromatic nitrogens is 1. The number of benzene rings is 8. The summed E-state index contributed by atoms with van der Waals surface area (Å²) >= 11 is 0. The zero-order chi connectivity index (χ0) is 34.4. The summed E-state index contributed by atoms with van der Waals surface area (Å²) in [5.74, 6) is 0.928. The van der Waals surface area contributed by atoms with Gasteiger partial charge in [0.15, 0.2) is 0 Å². The van der Waals surface area contributed by atoms with Gasteiger partial charge in [-0.3, -0.25) is 0 Å². The van der Waals surface area contributed by atoms with Crippen molar-refractivity contribution >= 4 is 71.2 Å². The molecule has 0 amide bonds. The van der Waals surface area contributed by atoms with E-state index in [4.69, 9.17) is 4.74 Å². The Bertz CT molecular complexity index is 2970. The Morgan fingerprint density at radius 1 is 0.538 bits per heavy atom. The summed E-state index contributed by atoms with van der Waals surface area (Å²) in [5.41, 5.74) is 7.65. The standard InChI is InChI=1S/C49H34N2O/c1-49-29-12-11-24-47(49)52-48-42(49)21-13-23-44(48)51(46-31-41-35-17-6-5-14-32(35)25-27-37(41)36-18-7-8-19-38(36)46)34-26-28-40-39-20-9-10-22-43(39)50(45(40)30-34)33-15-3-2-4-16-33/h2-31,47H,1H3. The van der Waals surface area contributed by atoms with E-state index in [0.717, 1.165) is 34.0 Å². The lowest BCUT2D eigenvalue weighted by atomic mass is 9.76. The molecule has 1 aliphatic heterocycles. The summed E-state index contributed by atoms with van der Waals surface area (Å²) < 4.78 is 9.38. The molecule has 246 valence electrons. The van der Waals surface area contributed by atoms with Crippen LogP contribution in [0.5, 0.6) is 5.75 Å². The molecule has 3 nitrogen and oxygen atoms in total. The summed E-state index contributed by atoms with van der Waals surface area (Å²) in [6, 6.07) is 57.6. The normalized spacial score (nSPS) is 17.6. The van der Waals surface area contributed by atoms with Crippen LogP contribution in [0, 0.1) is 0 Å². The number of fused-ring (bicyclic) bond motifs is 11. The van der Waals surface area contributed by atoms with Gasteiger partial charge in [-0.25, -0.2) is 0 Å². The van der Waals surface area contributed by atoms with Crippen LogP contribution in [0.2, 0.25) is 0 Å². The molecule has 0 saturated heterocycles. The van der Waals surface area contributed by atoms with E-state index in [9.17, 15) is 0 Å². The van der Waals surface area contributed by atoms with Crippen LogP contribution in [0.3, 0.4) is 0 Å². The highest BCUT2D eigenvalue weighted by atomic mass is 16.5. The first kappa shape index (κ1) is 29.2. The lowest BCUT2D eigenvalue weighted by molar-refractivity contribution is 0.228. The summed E-state index contributed by atoms with van der Waals surface area (Å²) in [5, 5.41) is 9.84. The van der Waals surface area contributed by atoms with Crippen LogP contribution in [0.15, 0.2) is 182 Å². The molecule has 52 heavy (non-hydrogen) atoms. The van der Waals surface area contributed by atoms with Crippen LogP contribution < -0.4 is 9.64 Å². The predicted octanol–water partition coefficient (Wildman–Crippen LogP) is 12.9. The summed E-state index contributed by atoms with van der Waals surface area (Å²) in [4.78, 5) is 2.45. The largest absolute Gasteiger partial charge is 0.483 e. The first-order valence-electron chi connectivity index (χ1n) is 18.1. The van der Waals surface area contributed by atoms with Crippen molar-refractivity contribution in [3.63, 3.8) is 0 Å². The molecule has 8 aromatic carbocycles. The van der Waals surface area contributed by atoms with Crippen molar-refractivity contribution in [3.8, 4) is 11.4 Å². The van der Waals surface area contributed by atoms with Gasteiger partial charge in [-0.2, -0.15) is 0 Å². The molecular formula is C49H34N2O. The van der Waals surface area contributed by atoms with E-state index in [-0.39, 0.29) is 11.5 Å². The molecule has 0 saturated carbocycles. The van der Waals surface area contributed by atoms with Gasteiger partial charge in [-0.05, 0) is 82.4 Å². The minimum absolute atomic E-state index is 0.0733. The molecule has 2 unspecified atom stereocenters. The number of para-hydroxylation sites is 3. The molecule has 0 radical (unpaired) electrons. The number of ether oxygens (including phenoxy) is 1. The molecule has 0 spiro atoms. The van der Waals surface area contributed by atoms with Crippen molar-refractivity contribution in [1.29, 1.82) is 0 Å². The number of nitrogens with zero attached hydrogens (tertiary/aromatic N) is 2. The fraction of sp³-hybridized carbons (Fsp3) is 0.0612. The smallest absolute Gasteiger partial charge is 0.148 e. The molecule has 0 fully saturated rings. The van der Waals surface area contributed by atoms with Crippen LogP contribution in [0.4, 0.5) is 17.1 Å². The van der Waals surface area contributed by atoms with Gasteiger partial charge in [0.1, 0.15) is 11.9 Å². The number of rotatable bonds is 4. The molecule has 2 heterocycles. The van der Waals surface area contributed by atoms with E-state index < -0.39 is 0 Å². The molecule has 2 atom stereocenters. The van der Waals surface area contributed by atoms with E-state index in [1.165, 1.54) is 54.2 Å². The zero-order valence-corrected chi connectivity index (χ0v) is 28.7. The van der Waals surface area contributed by atoms with E-state index >= 15 is 0 Å².